The van der Waals surface area contributed by atoms with Crippen LogP contribution in [0.15, 0.2) is 0 Å². The quantitative estimate of drug-likeness (QED) is 0.793. The molecule has 1 saturated heterocycles. The van der Waals surface area contributed by atoms with E-state index in [0.29, 0.717) is 19.0 Å². The number of nitrogens with one attached hydrogen (secondary N) is 2. The summed E-state index contributed by atoms with van der Waals surface area (Å²) < 4.78 is 0. The molecule has 0 aromatic rings. The average molecular weight is 351 g/mol. The molecule has 0 aromatic carbocycles. The second-order valence-electron chi connectivity index (χ2n) is 7.87. The summed E-state index contributed by atoms with van der Waals surface area (Å²) in [5.41, 5.74) is 0. The van der Waals surface area contributed by atoms with Crippen LogP contribution in [0.4, 0.5) is 0 Å². The van der Waals surface area contributed by atoms with Gasteiger partial charge in [-0.3, -0.25) is 14.4 Å². The normalized spacial score (nSPS) is 21.0. The molecule has 2 fully saturated rings. The predicted octanol–water partition coefficient (Wildman–Crippen LogP) is 1.83. The molecule has 1 aliphatic heterocycles. The Morgan fingerprint density at radius 3 is 2.08 bits per heavy atom. The number of likely N-dealkylation sites (tertiary alicyclic amines) is 1. The molecule has 1 heterocycles. The van der Waals surface area contributed by atoms with Gasteiger partial charge in [0.2, 0.25) is 17.7 Å². The second kappa shape index (κ2) is 9.20. The van der Waals surface area contributed by atoms with Crippen LogP contribution in [-0.2, 0) is 14.4 Å². The van der Waals surface area contributed by atoms with E-state index in [1.165, 1.54) is 26.2 Å². The molecule has 0 spiro atoms. The first kappa shape index (κ1) is 19.7. The molecule has 2 aliphatic rings. The van der Waals surface area contributed by atoms with Gasteiger partial charge in [-0.15, -0.1) is 0 Å². The standard InChI is InChI=1S/C19H33N3O3/c1-13(2)17(20-14(3)23)18(24)21-16-9-11-22(12-10-16)19(25)15-7-5-4-6-8-15/h13,15-17H,4-12H2,1-3H3,(H,20,23)(H,21,24). The number of hydrogen-bond acceptors (Lipinski definition) is 3. The Morgan fingerprint density at radius 1 is 0.960 bits per heavy atom. The van der Waals surface area contributed by atoms with Crippen molar-refractivity contribution >= 4 is 17.7 Å². The van der Waals surface area contributed by atoms with E-state index in [1.54, 1.807) is 0 Å². The smallest absolute Gasteiger partial charge is 0.243 e. The van der Waals surface area contributed by atoms with Gasteiger partial charge in [0.05, 0.1) is 0 Å². The van der Waals surface area contributed by atoms with Gasteiger partial charge in [0.15, 0.2) is 0 Å². The molecule has 2 rings (SSSR count). The van der Waals surface area contributed by atoms with Crippen molar-refractivity contribution in [2.75, 3.05) is 13.1 Å². The summed E-state index contributed by atoms with van der Waals surface area (Å²) in [5, 5.41) is 5.78. The summed E-state index contributed by atoms with van der Waals surface area (Å²) >= 11 is 0. The third-order valence-corrected chi connectivity index (χ3v) is 5.42. The van der Waals surface area contributed by atoms with Crippen LogP contribution in [0, 0.1) is 11.8 Å². The number of piperidine rings is 1. The predicted molar refractivity (Wildman–Crippen MR) is 96.8 cm³/mol. The monoisotopic (exact) mass is 351 g/mol. The van der Waals surface area contributed by atoms with Crippen LogP contribution in [0.25, 0.3) is 0 Å². The zero-order chi connectivity index (χ0) is 18.4. The van der Waals surface area contributed by atoms with Gasteiger partial charge < -0.3 is 15.5 Å². The van der Waals surface area contributed by atoms with Crippen LogP contribution >= 0.6 is 0 Å². The van der Waals surface area contributed by atoms with Gasteiger partial charge in [-0.05, 0) is 31.6 Å². The van der Waals surface area contributed by atoms with Crippen molar-refractivity contribution in [2.24, 2.45) is 11.8 Å². The highest BCUT2D eigenvalue weighted by atomic mass is 16.2. The Bertz CT molecular complexity index is 478. The SMILES string of the molecule is CC(=O)NC(C(=O)NC1CCN(C(=O)C2CCCCC2)CC1)C(C)C. The maximum atomic E-state index is 12.6. The van der Waals surface area contributed by atoms with Crippen LogP contribution in [0.5, 0.6) is 0 Å². The molecule has 1 atom stereocenters. The van der Waals surface area contributed by atoms with Gasteiger partial charge in [-0.2, -0.15) is 0 Å². The highest BCUT2D eigenvalue weighted by Crippen LogP contribution is 2.26. The van der Waals surface area contributed by atoms with Crippen LogP contribution in [0.2, 0.25) is 0 Å². The minimum atomic E-state index is -0.501. The van der Waals surface area contributed by atoms with E-state index in [0.717, 1.165) is 25.7 Å². The number of hydrogen-bond donors (Lipinski definition) is 2. The lowest BCUT2D eigenvalue weighted by Gasteiger charge is -2.36. The second-order valence-corrected chi connectivity index (χ2v) is 7.87. The largest absolute Gasteiger partial charge is 0.351 e. The Balaban J connectivity index is 1.80. The number of rotatable bonds is 5. The average Bonchev–Trinajstić information content (AvgIpc) is 2.60. The molecule has 1 saturated carbocycles. The van der Waals surface area contributed by atoms with Crippen molar-refractivity contribution in [3.05, 3.63) is 0 Å². The highest BCUT2D eigenvalue weighted by Gasteiger charge is 2.31. The van der Waals surface area contributed by atoms with E-state index in [1.807, 2.05) is 18.7 Å². The third-order valence-electron chi connectivity index (χ3n) is 5.42. The Labute approximate surface area is 151 Å². The third kappa shape index (κ3) is 5.72. The van der Waals surface area contributed by atoms with Crippen molar-refractivity contribution in [3.63, 3.8) is 0 Å². The Hall–Kier alpha value is -1.59. The fourth-order valence-electron chi connectivity index (χ4n) is 3.90. The van der Waals surface area contributed by atoms with Crippen LogP contribution < -0.4 is 10.6 Å². The summed E-state index contributed by atoms with van der Waals surface area (Å²) in [6, 6.07) is -0.419. The lowest BCUT2D eigenvalue weighted by molar-refractivity contribution is -0.138. The van der Waals surface area contributed by atoms with Gasteiger partial charge >= 0.3 is 0 Å². The van der Waals surface area contributed by atoms with E-state index in [2.05, 4.69) is 10.6 Å². The molecule has 0 aromatic heterocycles. The Kier molecular flexibility index (Phi) is 7.26. The van der Waals surface area contributed by atoms with Crippen molar-refractivity contribution in [2.45, 2.75) is 77.8 Å². The maximum Gasteiger partial charge on any atom is 0.243 e. The van der Waals surface area contributed by atoms with E-state index in [9.17, 15) is 14.4 Å². The Morgan fingerprint density at radius 2 is 1.56 bits per heavy atom. The number of amides is 3. The molecule has 6 nitrogen and oxygen atoms in total. The van der Waals surface area contributed by atoms with Gasteiger partial charge in [-0.1, -0.05) is 33.1 Å². The number of carbonyl (C=O) groups is 3. The zero-order valence-electron chi connectivity index (χ0n) is 15.8. The summed E-state index contributed by atoms with van der Waals surface area (Å²) in [7, 11) is 0. The molecule has 3 amide bonds. The maximum absolute atomic E-state index is 12.6. The van der Waals surface area contributed by atoms with E-state index in [4.69, 9.17) is 0 Å². The lowest BCUT2D eigenvalue weighted by Crippen LogP contribution is -2.54. The van der Waals surface area contributed by atoms with Gasteiger partial charge in [0, 0.05) is 32.0 Å². The van der Waals surface area contributed by atoms with Crippen LogP contribution in [-0.4, -0.2) is 47.8 Å². The van der Waals surface area contributed by atoms with Gasteiger partial charge in [0.1, 0.15) is 6.04 Å². The molecular formula is C19H33N3O3. The first-order valence-electron chi connectivity index (χ1n) is 9.74. The summed E-state index contributed by atoms with van der Waals surface area (Å²) in [4.78, 5) is 38.3. The van der Waals surface area contributed by atoms with Gasteiger partial charge in [-0.25, -0.2) is 0 Å². The molecular weight excluding hydrogens is 318 g/mol. The topological polar surface area (TPSA) is 78.5 Å². The minimum absolute atomic E-state index is 0.0388. The molecule has 1 aliphatic carbocycles. The van der Waals surface area contributed by atoms with Gasteiger partial charge in [0.25, 0.3) is 0 Å². The molecule has 6 heteroatoms. The van der Waals surface area contributed by atoms with Crippen molar-refractivity contribution < 1.29 is 14.4 Å². The molecule has 0 bridgehead atoms. The van der Waals surface area contributed by atoms with E-state index < -0.39 is 6.04 Å². The molecule has 2 N–H and O–H groups in total. The summed E-state index contributed by atoms with van der Waals surface area (Å²) in [5.74, 6) is 0.244. The zero-order valence-corrected chi connectivity index (χ0v) is 15.8. The lowest BCUT2D eigenvalue weighted by atomic mass is 9.87. The highest BCUT2D eigenvalue weighted by molar-refractivity contribution is 5.87. The van der Waals surface area contributed by atoms with Crippen LogP contribution in [0.3, 0.4) is 0 Å². The fourth-order valence-corrected chi connectivity index (χ4v) is 3.90. The fraction of sp³-hybridized carbons (Fsp3) is 0.842. The molecule has 0 radical (unpaired) electrons. The number of nitrogens with zero attached hydrogens (tertiary/aromatic N) is 1. The minimum Gasteiger partial charge on any atom is -0.351 e. The summed E-state index contributed by atoms with van der Waals surface area (Å²) in [6.07, 6.45) is 7.23. The first-order valence-corrected chi connectivity index (χ1v) is 9.74. The van der Waals surface area contributed by atoms with Crippen LogP contribution in [0.1, 0.15) is 65.7 Å². The van der Waals surface area contributed by atoms with E-state index >= 15 is 0 Å². The van der Waals surface area contributed by atoms with Crippen molar-refractivity contribution in [1.82, 2.24) is 15.5 Å². The molecule has 142 valence electrons. The van der Waals surface area contributed by atoms with Crippen molar-refractivity contribution in [3.8, 4) is 0 Å². The van der Waals surface area contributed by atoms with E-state index in [-0.39, 0.29) is 29.7 Å². The summed E-state index contributed by atoms with van der Waals surface area (Å²) in [6.45, 7) is 6.70. The molecule has 25 heavy (non-hydrogen) atoms. The molecule has 1 unspecified atom stereocenters. The van der Waals surface area contributed by atoms with Crippen molar-refractivity contribution in [1.29, 1.82) is 0 Å². The first-order chi connectivity index (χ1) is 11.9. The number of carbonyl (C=O) groups excluding carboxylic acids is 3.